The van der Waals surface area contributed by atoms with E-state index in [1.54, 1.807) is 25.3 Å². The van der Waals surface area contributed by atoms with Gasteiger partial charge in [0.1, 0.15) is 5.82 Å². The molecule has 4 atom stereocenters. The van der Waals surface area contributed by atoms with Crippen LogP contribution >= 0.6 is 11.6 Å². The summed E-state index contributed by atoms with van der Waals surface area (Å²) in [6, 6.07) is 9.86. The van der Waals surface area contributed by atoms with Crippen molar-refractivity contribution in [3.05, 3.63) is 64.6 Å². The van der Waals surface area contributed by atoms with E-state index in [1.807, 2.05) is 35.9 Å². The first kappa shape index (κ1) is 35.3. The number of para-hydroxylation sites is 1. The summed E-state index contributed by atoms with van der Waals surface area (Å²) >= 11 is 6.56. The summed E-state index contributed by atoms with van der Waals surface area (Å²) < 4.78 is 35.0. The van der Waals surface area contributed by atoms with Crippen molar-refractivity contribution in [1.29, 1.82) is 0 Å². The van der Waals surface area contributed by atoms with Gasteiger partial charge in [0.15, 0.2) is 0 Å². The number of ether oxygens (including phenoxy) is 3. The zero-order valence-electron chi connectivity index (χ0n) is 28.1. The highest BCUT2D eigenvalue weighted by molar-refractivity contribution is 6.34. The Balaban J connectivity index is 1.14. The number of anilines is 1. The molecular formula is C36H44ClFN4O7. The molecule has 2 aliphatic heterocycles. The maximum atomic E-state index is 15.6. The Morgan fingerprint density at radius 2 is 1.71 bits per heavy atom. The third-order valence-electron chi connectivity index (χ3n) is 10.5. The molecule has 0 radical (unpaired) electrons. The Morgan fingerprint density at radius 3 is 2.39 bits per heavy atom. The monoisotopic (exact) mass is 698 g/mol. The molecule has 1 aromatic heterocycles. The highest BCUT2D eigenvalue weighted by atomic mass is 35.5. The van der Waals surface area contributed by atoms with Crippen LogP contribution in [0, 0.1) is 11.7 Å². The van der Waals surface area contributed by atoms with E-state index in [0.29, 0.717) is 63.9 Å². The van der Waals surface area contributed by atoms with E-state index in [-0.39, 0.29) is 64.9 Å². The Labute approximate surface area is 290 Å². The lowest BCUT2D eigenvalue weighted by Gasteiger charge is -2.30. The predicted octanol–water partition coefficient (Wildman–Crippen LogP) is 4.74. The van der Waals surface area contributed by atoms with Crippen molar-refractivity contribution in [3.63, 3.8) is 0 Å². The highest BCUT2D eigenvalue weighted by Crippen LogP contribution is 2.32. The van der Waals surface area contributed by atoms with Gasteiger partial charge in [-0.15, -0.1) is 0 Å². The first-order valence-electron chi connectivity index (χ1n) is 16.8. The Kier molecular flexibility index (Phi) is 10.9. The number of nitrogens with zero attached hydrogens (tertiary/aromatic N) is 3. The molecule has 11 nitrogen and oxygen atoms in total. The van der Waals surface area contributed by atoms with Gasteiger partial charge in [-0.25, -0.2) is 4.39 Å². The SMILES string of the molecule is COC1CN([C@H]2C[C@@H](COC3CCC(C(=O)O)CC3)N(C(=O)Cc3cc(Cl)c(NC(=O)c4cn(C)c5ccccc45)cc3F)C2)C[C@@H]1OC. The van der Waals surface area contributed by atoms with Crippen molar-refractivity contribution in [2.45, 2.75) is 68.9 Å². The fourth-order valence-electron chi connectivity index (χ4n) is 7.66. The summed E-state index contributed by atoms with van der Waals surface area (Å²) in [5.74, 6) is -2.42. The van der Waals surface area contributed by atoms with Crippen molar-refractivity contribution < 1.29 is 38.1 Å². The maximum Gasteiger partial charge on any atom is 0.306 e. The standard InChI is InChI=1S/C36H44ClFN4O7/c1-40-17-27(26-6-4-5-7-31(26)40)35(44)39-30-15-29(38)22(12-28(30)37)13-34(43)42-16-23(41-18-32(47-2)33(19-41)48-3)14-24(42)20-49-25-10-8-21(9-11-25)36(45)46/h4-7,12,15,17,21,23-25,32-33H,8-11,13-14,16,18-20H2,1-3H3,(H,39,44)(H,45,46)/t21?,23-,24-,25?,32-,33?/m0/s1. The van der Waals surface area contributed by atoms with Gasteiger partial charge in [-0.3, -0.25) is 19.3 Å². The zero-order chi connectivity index (χ0) is 34.8. The molecule has 2 aromatic carbocycles. The largest absolute Gasteiger partial charge is 0.481 e. The van der Waals surface area contributed by atoms with Crippen molar-refractivity contribution in [2.24, 2.45) is 13.0 Å². The first-order chi connectivity index (χ1) is 23.6. The second-order valence-electron chi connectivity index (χ2n) is 13.5. The number of nitrogens with one attached hydrogen (secondary N) is 1. The molecular weight excluding hydrogens is 655 g/mol. The molecule has 1 aliphatic carbocycles. The van der Waals surface area contributed by atoms with Gasteiger partial charge in [0, 0.05) is 64.0 Å². The van der Waals surface area contributed by atoms with Crippen molar-refractivity contribution in [3.8, 4) is 0 Å². The number of likely N-dealkylation sites (tertiary alicyclic amines) is 2. The molecule has 13 heteroatoms. The number of halogens is 2. The van der Waals surface area contributed by atoms with Crippen LogP contribution in [-0.2, 0) is 37.3 Å². The number of hydrogen-bond donors (Lipinski definition) is 2. The average molecular weight is 699 g/mol. The van der Waals surface area contributed by atoms with Crippen LogP contribution in [0.25, 0.3) is 10.9 Å². The van der Waals surface area contributed by atoms with Gasteiger partial charge in [0.25, 0.3) is 5.91 Å². The molecule has 0 bridgehead atoms. The Bertz CT molecular complexity index is 1680. The Morgan fingerprint density at radius 1 is 1.02 bits per heavy atom. The first-order valence-corrected chi connectivity index (χ1v) is 17.2. The molecule has 6 rings (SSSR count). The van der Waals surface area contributed by atoms with Crippen LogP contribution in [0.15, 0.2) is 42.6 Å². The number of amides is 2. The van der Waals surface area contributed by atoms with Crippen LogP contribution in [0.1, 0.15) is 48.0 Å². The fourth-order valence-corrected chi connectivity index (χ4v) is 7.90. The number of methoxy groups -OCH3 is 2. The lowest BCUT2D eigenvalue weighted by molar-refractivity contribution is -0.144. The molecule has 3 heterocycles. The molecule has 1 saturated carbocycles. The predicted molar refractivity (Wildman–Crippen MR) is 182 cm³/mol. The number of fused-ring (bicyclic) bond motifs is 1. The normalized spacial score (nSPS) is 26.0. The molecule has 1 unspecified atom stereocenters. The minimum atomic E-state index is -0.768. The van der Waals surface area contributed by atoms with E-state index in [2.05, 4.69) is 10.2 Å². The second kappa shape index (κ2) is 15.1. The zero-order valence-corrected chi connectivity index (χ0v) is 28.8. The number of carboxylic acid groups (broad SMARTS) is 1. The number of carboxylic acids is 1. The van der Waals surface area contributed by atoms with Crippen LogP contribution in [0.5, 0.6) is 0 Å². The molecule has 0 spiro atoms. The molecule has 2 saturated heterocycles. The molecule has 3 aromatic rings. The van der Waals surface area contributed by atoms with E-state index in [4.69, 9.17) is 25.8 Å². The smallest absolute Gasteiger partial charge is 0.306 e. The molecule has 3 fully saturated rings. The van der Waals surface area contributed by atoms with E-state index < -0.39 is 17.7 Å². The van der Waals surface area contributed by atoms with E-state index >= 15 is 4.39 Å². The molecule has 264 valence electrons. The van der Waals surface area contributed by atoms with Crippen molar-refractivity contribution >= 4 is 46.0 Å². The van der Waals surface area contributed by atoms with Gasteiger partial charge in [-0.2, -0.15) is 0 Å². The van der Waals surface area contributed by atoms with Crippen LogP contribution in [0.3, 0.4) is 0 Å². The summed E-state index contributed by atoms with van der Waals surface area (Å²) in [6.45, 7) is 2.09. The van der Waals surface area contributed by atoms with E-state index in [9.17, 15) is 19.5 Å². The van der Waals surface area contributed by atoms with Gasteiger partial charge < -0.3 is 34.1 Å². The van der Waals surface area contributed by atoms with Crippen LogP contribution in [-0.4, -0.2) is 108 Å². The van der Waals surface area contributed by atoms with E-state index in [0.717, 1.165) is 17.0 Å². The summed E-state index contributed by atoms with van der Waals surface area (Å²) in [5, 5.41) is 13.0. The van der Waals surface area contributed by atoms with Crippen molar-refractivity contribution in [1.82, 2.24) is 14.4 Å². The number of aromatic nitrogens is 1. The minimum Gasteiger partial charge on any atom is -0.481 e. The van der Waals surface area contributed by atoms with Gasteiger partial charge in [-0.05, 0) is 55.9 Å². The lowest BCUT2D eigenvalue weighted by Crippen LogP contribution is -2.41. The summed E-state index contributed by atoms with van der Waals surface area (Å²) in [7, 11) is 5.18. The topological polar surface area (TPSA) is 123 Å². The number of hydrogen-bond acceptors (Lipinski definition) is 7. The average Bonchev–Trinajstić information content (AvgIpc) is 3.81. The van der Waals surface area contributed by atoms with Gasteiger partial charge >= 0.3 is 5.97 Å². The van der Waals surface area contributed by atoms with Gasteiger partial charge in [-0.1, -0.05) is 29.8 Å². The molecule has 2 amide bonds. The Hall–Kier alpha value is -3.55. The number of aryl methyl sites for hydroxylation is 1. The van der Waals surface area contributed by atoms with Gasteiger partial charge in [0.2, 0.25) is 5.91 Å². The summed E-state index contributed by atoms with van der Waals surface area (Å²) in [5.41, 5.74) is 1.58. The highest BCUT2D eigenvalue weighted by Gasteiger charge is 2.43. The van der Waals surface area contributed by atoms with Crippen LogP contribution in [0.4, 0.5) is 10.1 Å². The number of aliphatic carboxylic acids is 1. The number of carbonyl (C=O) groups is 3. The third-order valence-corrected chi connectivity index (χ3v) is 10.8. The van der Waals surface area contributed by atoms with E-state index in [1.165, 1.54) is 6.07 Å². The molecule has 2 N–H and O–H groups in total. The molecule has 49 heavy (non-hydrogen) atoms. The summed E-state index contributed by atoms with van der Waals surface area (Å²) in [4.78, 5) is 42.5. The summed E-state index contributed by atoms with van der Waals surface area (Å²) in [6.07, 6.45) is 4.41. The number of carbonyl (C=O) groups excluding carboxylic acids is 2. The van der Waals surface area contributed by atoms with Crippen molar-refractivity contribution in [2.75, 3.05) is 45.8 Å². The maximum absolute atomic E-state index is 15.6. The fraction of sp³-hybridized carbons (Fsp3) is 0.528. The van der Waals surface area contributed by atoms with Crippen LogP contribution < -0.4 is 5.32 Å². The second-order valence-corrected chi connectivity index (χ2v) is 13.9. The van der Waals surface area contributed by atoms with Crippen LogP contribution in [0.2, 0.25) is 5.02 Å². The lowest BCUT2D eigenvalue weighted by atomic mass is 9.87. The quantitative estimate of drug-likeness (QED) is 0.295. The number of rotatable bonds is 11. The molecule has 3 aliphatic rings. The third kappa shape index (κ3) is 7.63. The number of benzene rings is 2. The van der Waals surface area contributed by atoms with Gasteiger partial charge in [0.05, 0.1) is 59.6 Å². The minimum absolute atomic E-state index is 0.0400.